The number of halogens is 1. The van der Waals surface area contributed by atoms with Gasteiger partial charge in [0.1, 0.15) is 0 Å². The quantitative estimate of drug-likeness (QED) is 0.837. The zero-order chi connectivity index (χ0) is 13.3. The van der Waals surface area contributed by atoms with Crippen molar-refractivity contribution in [3.63, 3.8) is 0 Å². The van der Waals surface area contributed by atoms with Gasteiger partial charge in [-0.05, 0) is 30.0 Å². The molecule has 1 saturated heterocycles. The molecule has 2 rings (SSSR count). The molecule has 1 aromatic carbocycles. The number of hydrogen-bond donors (Lipinski definition) is 1. The fourth-order valence-electron chi connectivity index (χ4n) is 2.49. The lowest BCUT2D eigenvalue weighted by molar-refractivity contribution is 0.254. The van der Waals surface area contributed by atoms with Crippen LogP contribution >= 0.6 is 11.6 Å². The molecule has 0 bridgehead atoms. The number of piperazine rings is 1. The van der Waals surface area contributed by atoms with Gasteiger partial charge in [-0.1, -0.05) is 38.4 Å². The summed E-state index contributed by atoms with van der Waals surface area (Å²) in [6, 6.07) is 6.69. The molecule has 18 heavy (non-hydrogen) atoms. The van der Waals surface area contributed by atoms with Gasteiger partial charge in [0.05, 0.1) is 0 Å². The van der Waals surface area contributed by atoms with Gasteiger partial charge in [0.2, 0.25) is 0 Å². The first-order chi connectivity index (χ1) is 8.39. The summed E-state index contributed by atoms with van der Waals surface area (Å²) >= 11 is 6.22. The van der Waals surface area contributed by atoms with Crippen LogP contribution in [-0.2, 0) is 0 Å². The molecule has 1 aromatic rings. The summed E-state index contributed by atoms with van der Waals surface area (Å²) in [4.78, 5) is 2.45. The Hall–Kier alpha value is -0.730. The number of nitrogens with one attached hydrogen (secondary N) is 1. The van der Waals surface area contributed by atoms with Gasteiger partial charge < -0.3 is 10.2 Å². The van der Waals surface area contributed by atoms with Crippen LogP contribution in [0.5, 0.6) is 0 Å². The molecular weight excluding hydrogens is 244 g/mol. The Morgan fingerprint density at radius 3 is 2.72 bits per heavy atom. The highest BCUT2D eigenvalue weighted by Gasteiger charge is 2.29. The summed E-state index contributed by atoms with van der Waals surface area (Å²) in [7, 11) is 0. The van der Waals surface area contributed by atoms with E-state index in [1.165, 1.54) is 11.3 Å². The fraction of sp³-hybridized carbons (Fsp3) is 0.600. The largest absolute Gasteiger partial charge is 0.368 e. The topological polar surface area (TPSA) is 15.3 Å². The summed E-state index contributed by atoms with van der Waals surface area (Å²) in [6.07, 6.45) is 0. The zero-order valence-corrected chi connectivity index (χ0v) is 12.5. The molecule has 3 heteroatoms. The molecule has 0 aromatic heterocycles. The molecule has 0 radical (unpaired) electrons. The molecule has 1 heterocycles. The van der Waals surface area contributed by atoms with Crippen molar-refractivity contribution in [3.8, 4) is 0 Å². The third-order valence-electron chi connectivity index (χ3n) is 3.80. The van der Waals surface area contributed by atoms with E-state index in [1.807, 2.05) is 12.1 Å². The Bertz CT molecular complexity index is 423. The monoisotopic (exact) mass is 266 g/mol. The van der Waals surface area contributed by atoms with Crippen LogP contribution in [0.15, 0.2) is 18.2 Å². The average molecular weight is 267 g/mol. The molecule has 1 aliphatic rings. The van der Waals surface area contributed by atoms with Crippen LogP contribution in [0.1, 0.15) is 26.3 Å². The van der Waals surface area contributed by atoms with E-state index in [0.717, 1.165) is 24.7 Å². The zero-order valence-electron chi connectivity index (χ0n) is 11.8. The van der Waals surface area contributed by atoms with E-state index < -0.39 is 0 Å². The van der Waals surface area contributed by atoms with Gasteiger partial charge in [0, 0.05) is 36.4 Å². The van der Waals surface area contributed by atoms with Crippen molar-refractivity contribution in [2.24, 2.45) is 5.41 Å². The van der Waals surface area contributed by atoms with E-state index in [1.54, 1.807) is 0 Å². The fourth-order valence-corrected chi connectivity index (χ4v) is 2.66. The molecule has 1 aliphatic heterocycles. The summed E-state index contributed by atoms with van der Waals surface area (Å²) in [6.45, 7) is 12.1. The molecule has 1 atom stereocenters. The summed E-state index contributed by atoms with van der Waals surface area (Å²) < 4.78 is 0. The van der Waals surface area contributed by atoms with Crippen LogP contribution in [0, 0.1) is 12.3 Å². The maximum atomic E-state index is 6.22. The lowest BCUT2D eigenvalue weighted by Gasteiger charge is -2.42. The Morgan fingerprint density at radius 1 is 1.33 bits per heavy atom. The Balaban J connectivity index is 2.21. The van der Waals surface area contributed by atoms with Crippen molar-refractivity contribution in [1.82, 2.24) is 5.32 Å². The number of benzene rings is 1. The van der Waals surface area contributed by atoms with Crippen molar-refractivity contribution in [2.45, 2.75) is 33.7 Å². The second-order valence-corrected chi connectivity index (χ2v) is 6.61. The van der Waals surface area contributed by atoms with Crippen molar-refractivity contribution in [2.75, 3.05) is 24.5 Å². The van der Waals surface area contributed by atoms with E-state index in [-0.39, 0.29) is 5.41 Å². The molecule has 0 spiro atoms. The van der Waals surface area contributed by atoms with Crippen LogP contribution in [0.2, 0.25) is 5.02 Å². The summed E-state index contributed by atoms with van der Waals surface area (Å²) in [5.41, 5.74) is 2.75. The van der Waals surface area contributed by atoms with Crippen LogP contribution in [0.4, 0.5) is 5.69 Å². The maximum absolute atomic E-state index is 6.22. The van der Waals surface area contributed by atoms with Gasteiger partial charge in [0.15, 0.2) is 0 Å². The van der Waals surface area contributed by atoms with Gasteiger partial charge in [-0.2, -0.15) is 0 Å². The van der Waals surface area contributed by atoms with Crippen molar-refractivity contribution in [1.29, 1.82) is 0 Å². The number of anilines is 1. The molecule has 2 nitrogen and oxygen atoms in total. The molecule has 100 valence electrons. The lowest BCUT2D eigenvalue weighted by atomic mass is 9.85. The predicted octanol–water partition coefficient (Wildman–Crippen LogP) is 3.47. The molecule has 1 fully saturated rings. The molecule has 0 saturated carbocycles. The second-order valence-electron chi connectivity index (χ2n) is 6.20. The van der Waals surface area contributed by atoms with Gasteiger partial charge in [-0.3, -0.25) is 0 Å². The second kappa shape index (κ2) is 5.10. The van der Waals surface area contributed by atoms with E-state index >= 15 is 0 Å². The predicted molar refractivity (Wildman–Crippen MR) is 79.6 cm³/mol. The highest BCUT2D eigenvalue weighted by Crippen LogP contribution is 2.29. The van der Waals surface area contributed by atoms with E-state index in [9.17, 15) is 0 Å². The maximum Gasteiger partial charge on any atom is 0.0455 e. The van der Waals surface area contributed by atoms with Crippen LogP contribution in [0.25, 0.3) is 0 Å². The van der Waals surface area contributed by atoms with E-state index in [0.29, 0.717) is 6.04 Å². The molecule has 1 N–H and O–H groups in total. The minimum atomic E-state index is 0.283. The summed E-state index contributed by atoms with van der Waals surface area (Å²) in [5.74, 6) is 0. The van der Waals surface area contributed by atoms with Crippen LogP contribution < -0.4 is 10.2 Å². The first kappa shape index (κ1) is 13.7. The van der Waals surface area contributed by atoms with Gasteiger partial charge in [0.25, 0.3) is 0 Å². The first-order valence-electron chi connectivity index (χ1n) is 6.63. The highest BCUT2D eigenvalue weighted by molar-refractivity contribution is 6.31. The lowest BCUT2D eigenvalue weighted by Crippen LogP contribution is -2.56. The van der Waals surface area contributed by atoms with Crippen molar-refractivity contribution in [3.05, 3.63) is 28.8 Å². The van der Waals surface area contributed by atoms with Gasteiger partial charge >= 0.3 is 0 Å². The number of hydrogen-bond acceptors (Lipinski definition) is 2. The summed E-state index contributed by atoms with van der Waals surface area (Å²) in [5, 5.41) is 4.48. The van der Waals surface area contributed by atoms with E-state index in [2.05, 4.69) is 44.0 Å². The average Bonchev–Trinajstić information content (AvgIpc) is 2.32. The van der Waals surface area contributed by atoms with Crippen molar-refractivity contribution >= 4 is 17.3 Å². The molecular formula is C15H23ClN2. The minimum absolute atomic E-state index is 0.283. The Labute approximate surface area is 115 Å². The number of nitrogens with zero attached hydrogens (tertiary/aromatic N) is 1. The minimum Gasteiger partial charge on any atom is -0.368 e. The third kappa shape index (κ3) is 2.81. The number of rotatable bonds is 1. The highest BCUT2D eigenvalue weighted by atomic mass is 35.5. The SMILES string of the molecule is Cc1c(Cl)cccc1N1CCNC(C(C)(C)C)C1. The van der Waals surface area contributed by atoms with Crippen LogP contribution in [-0.4, -0.2) is 25.7 Å². The van der Waals surface area contributed by atoms with E-state index in [4.69, 9.17) is 11.6 Å². The molecule has 0 amide bonds. The Morgan fingerprint density at radius 2 is 2.06 bits per heavy atom. The Kier molecular flexibility index (Phi) is 3.88. The van der Waals surface area contributed by atoms with Gasteiger partial charge in [-0.25, -0.2) is 0 Å². The first-order valence-corrected chi connectivity index (χ1v) is 7.01. The van der Waals surface area contributed by atoms with Crippen LogP contribution in [0.3, 0.4) is 0 Å². The normalized spacial score (nSPS) is 21.2. The molecule has 1 unspecified atom stereocenters. The third-order valence-corrected chi connectivity index (χ3v) is 4.21. The smallest absolute Gasteiger partial charge is 0.0455 e. The standard InChI is InChI=1S/C15H23ClN2/c1-11-12(16)6-5-7-13(11)18-9-8-17-14(10-18)15(2,3)4/h5-7,14,17H,8-10H2,1-4H3. The van der Waals surface area contributed by atoms with Crippen molar-refractivity contribution < 1.29 is 0 Å². The molecule has 0 aliphatic carbocycles. The van der Waals surface area contributed by atoms with Gasteiger partial charge in [-0.15, -0.1) is 0 Å².